The Bertz CT molecular complexity index is 543. The van der Waals surface area contributed by atoms with Gasteiger partial charge < -0.3 is 5.11 Å². The van der Waals surface area contributed by atoms with E-state index in [-0.39, 0.29) is 11.1 Å². The summed E-state index contributed by atoms with van der Waals surface area (Å²) in [5, 5.41) is 9.97. The minimum absolute atomic E-state index is 0.123. The maximum absolute atomic E-state index is 13.8. The number of hydrogen-bond donors (Lipinski definition) is 1. The first-order valence-electron chi connectivity index (χ1n) is 5.13. The normalized spacial score (nSPS) is 12.5. The number of halogens is 2. The molecule has 1 unspecified atom stereocenters. The van der Waals surface area contributed by atoms with E-state index in [2.05, 4.69) is 4.98 Å². The van der Waals surface area contributed by atoms with E-state index in [0.717, 1.165) is 12.3 Å². The number of aryl methyl sites for hydroxylation is 1. The molecule has 0 spiro atoms. The molecular weight excluding hydrogens is 224 g/mol. The first-order chi connectivity index (χ1) is 8.09. The van der Waals surface area contributed by atoms with Gasteiger partial charge in [0.15, 0.2) is 0 Å². The molecule has 1 aromatic heterocycles. The van der Waals surface area contributed by atoms with E-state index in [1.807, 2.05) is 0 Å². The number of benzene rings is 1. The largest absolute Gasteiger partial charge is 0.383 e. The monoisotopic (exact) mass is 235 g/mol. The highest BCUT2D eigenvalue weighted by molar-refractivity contribution is 5.32. The standard InChI is InChI=1S/C13H11F2NO/c1-8-3-2-4-11(12(8)15)13(17)9-5-10(14)7-16-6-9/h2-7,13,17H,1H3. The van der Waals surface area contributed by atoms with Gasteiger partial charge in [0.25, 0.3) is 0 Å². The predicted molar refractivity (Wildman–Crippen MR) is 59.4 cm³/mol. The van der Waals surface area contributed by atoms with E-state index in [9.17, 15) is 13.9 Å². The minimum atomic E-state index is -1.21. The summed E-state index contributed by atoms with van der Waals surface area (Å²) in [6.45, 7) is 1.61. The lowest BCUT2D eigenvalue weighted by Crippen LogP contribution is -2.04. The molecule has 0 bridgehead atoms. The molecule has 0 aliphatic heterocycles. The highest BCUT2D eigenvalue weighted by atomic mass is 19.1. The average molecular weight is 235 g/mol. The highest BCUT2D eigenvalue weighted by Crippen LogP contribution is 2.25. The van der Waals surface area contributed by atoms with E-state index in [4.69, 9.17) is 0 Å². The Balaban J connectivity index is 2.44. The Kier molecular flexibility index (Phi) is 3.15. The van der Waals surface area contributed by atoms with Gasteiger partial charge in [-0.25, -0.2) is 8.78 Å². The van der Waals surface area contributed by atoms with Gasteiger partial charge in [0.2, 0.25) is 0 Å². The fourth-order valence-electron chi connectivity index (χ4n) is 1.64. The lowest BCUT2D eigenvalue weighted by Gasteiger charge is -2.13. The third-order valence-corrected chi connectivity index (χ3v) is 2.56. The Hall–Kier alpha value is -1.81. The average Bonchev–Trinajstić information content (AvgIpc) is 2.32. The molecule has 0 fully saturated rings. The van der Waals surface area contributed by atoms with Gasteiger partial charge in [0, 0.05) is 17.3 Å². The Morgan fingerprint density at radius 3 is 2.71 bits per heavy atom. The van der Waals surface area contributed by atoms with Gasteiger partial charge in [-0.1, -0.05) is 18.2 Å². The maximum atomic E-state index is 13.8. The number of pyridine rings is 1. The van der Waals surface area contributed by atoms with Crippen LogP contribution in [0.25, 0.3) is 0 Å². The fourth-order valence-corrected chi connectivity index (χ4v) is 1.64. The maximum Gasteiger partial charge on any atom is 0.141 e. The zero-order valence-corrected chi connectivity index (χ0v) is 9.19. The van der Waals surface area contributed by atoms with Crippen LogP contribution in [0, 0.1) is 18.6 Å². The van der Waals surface area contributed by atoms with Crippen LogP contribution in [0.3, 0.4) is 0 Å². The topological polar surface area (TPSA) is 33.1 Å². The Morgan fingerprint density at radius 1 is 1.24 bits per heavy atom. The Labute approximate surface area is 97.6 Å². The zero-order chi connectivity index (χ0) is 12.4. The lowest BCUT2D eigenvalue weighted by molar-refractivity contribution is 0.213. The molecule has 0 aliphatic rings. The number of aromatic nitrogens is 1. The summed E-state index contributed by atoms with van der Waals surface area (Å²) in [4.78, 5) is 3.63. The van der Waals surface area contributed by atoms with Crippen LogP contribution in [0.15, 0.2) is 36.7 Å². The van der Waals surface area contributed by atoms with Crippen molar-refractivity contribution in [3.8, 4) is 0 Å². The second-order valence-electron chi connectivity index (χ2n) is 3.82. The van der Waals surface area contributed by atoms with Crippen molar-refractivity contribution in [3.05, 3.63) is 65.0 Å². The number of rotatable bonds is 2. The molecule has 1 aromatic carbocycles. The SMILES string of the molecule is Cc1cccc(C(O)c2cncc(F)c2)c1F. The summed E-state index contributed by atoms with van der Waals surface area (Å²) in [5.41, 5.74) is 0.790. The van der Waals surface area contributed by atoms with E-state index in [0.29, 0.717) is 5.56 Å². The van der Waals surface area contributed by atoms with Crippen LogP contribution in [0.4, 0.5) is 8.78 Å². The Morgan fingerprint density at radius 2 is 2.00 bits per heavy atom. The van der Waals surface area contributed by atoms with Crippen molar-refractivity contribution in [1.29, 1.82) is 0 Å². The first-order valence-corrected chi connectivity index (χ1v) is 5.13. The van der Waals surface area contributed by atoms with Crippen LogP contribution in [0.5, 0.6) is 0 Å². The van der Waals surface area contributed by atoms with E-state index in [1.54, 1.807) is 19.1 Å². The van der Waals surface area contributed by atoms with Crippen LogP contribution in [0.1, 0.15) is 22.8 Å². The summed E-state index contributed by atoms with van der Waals surface area (Å²) in [6, 6.07) is 5.86. The van der Waals surface area contributed by atoms with Gasteiger partial charge in [0.1, 0.15) is 17.7 Å². The highest BCUT2D eigenvalue weighted by Gasteiger charge is 2.16. The van der Waals surface area contributed by atoms with Crippen molar-refractivity contribution < 1.29 is 13.9 Å². The van der Waals surface area contributed by atoms with Crippen LogP contribution in [-0.2, 0) is 0 Å². The summed E-state index contributed by atoms with van der Waals surface area (Å²) in [5.74, 6) is -1.04. The second-order valence-corrected chi connectivity index (χ2v) is 3.82. The molecule has 2 aromatic rings. The van der Waals surface area contributed by atoms with Gasteiger partial charge >= 0.3 is 0 Å². The zero-order valence-electron chi connectivity index (χ0n) is 9.19. The van der Waals surface area contributed by atoms with Crippen LogP contribution < -0.4 is 0 Å². The molecule has 0 radical (unpaired) electrons. The molecule has 1 N–H and O–H groups in total. The van der Waals surface area contributed by atoms with E-state index >= 15 is 0 Å². The lowest BCUT2D eigenvalue weighted by atomic mass is 10.0. The molecule has 88 valence electrons. The van der Waals surface area contributed by atoms with Crippen molar-refractivity contribution in [3.63, 3.8) is 0 Å². The molecule has 0 saturated carbocycles. The van der Waals surface area contributed by atoms with Crippen molar-refractivity contribution in [2.75, 3.05) is 0 Å². The second kappa shape index (κ2) is 4.59. The van der Waals surface area contributed by atoms with E-state index in [1.165, 1.54) is 12.3 Å². The fraction of sp³-hybridized carbons (Fsp3) is 0.154. The molecule has 4 heteroatoms. The van der Waals surface area contributed by atoms with Crippen molar-refractivity contribution in [2.45, 2.75) is 13.0 Å². The molecule has 17 heavy (non-hydrogen) atoms. The van der Waals surface area contributed by atoms with Crippen molar-refractivity contribution >= 4 is 0 Å². The van der Waals surface area contributed by atoms with Gasteiger partial charge in [-0.05, 0) is 18.6 Å². The van der Waals surface area contributed by atoms with Gasteiger partial charge in [0.05, 0.1) is 6.20 Å². The number of hydrogen-bond acceptors (Lipinski definition) is 2. The quantitative estimate of drug-likeness (QED) is 0.868. The number of aliphatic hydroxyl groups is 1. The third-order valence-electron chi connectivity index (χ3n) is 2.56. The molecule has 0 saturated heterocycles. The third kappa shape index (κ3) is 2.31. The minimum Gasteiger partial charge on any atom is -0.383 e. The number of aliphatic hydroxyl groups excluding tert-OH is 1. The first kappa shape index (κ1) is 11.7. The summed E-state index contributed by atoms with van der Waals surface area (Å²) >= 11 is 0. The van der Waals surface area contributed by atoms with Crippen molar-refractivity contribution in [1.82, 2.24) is 4.98 Å². The van der Waals surface area contributed by atoms with Crippen LogP contribution in [0.2, 0.25) is 0 Å². The molecule has 1 atom stereocenters. The van der Waals surface area contributed by atoms with Crippen LogP contribution in [-0.4, -0.2) is 10.1 Å². The summed E-state index contributed by atoms with van der Waals surface area (Å²) < 4.78 is 26.7. The molecular formula is C13H11F2NO. The number of nitrogens with zero attached hydrogens (tertiary/aromatic N) is 1. The molecule has 0 amide bonds. The van der Waals surface area contributed by atoms with Gasteiger partial charge in [-0.2, -0.15) is 0 Å². The molecule has 2 rings (SSSR count). The summed E-state index contributed by atoms with van der Waals surface area (Å²) in [7, 11) is 0. The van der Waals surface area contributed by atoms with Crippen LogP contribution >= 0.6 is 0 Å². The predicted octanol–water partition coefficient (Wildman–Crippen LogP) is 2.75. The van der Waals surface area contributed by atoms with Crippen molar-refractivity contribution in [2.24, 2.45) is 0 Å². The molecule has 1 heterocycles. The van der Waals surface area contributed by atoms with Gasteiger partial charge in [-0.15, -0.1) is 0 Å². The van der Waals surface area contributed by atoms with Gasteiger partial charge in [-0.3, -0.25) is 4.98 Å². The van der Waals surface area contributed by atoms with E-state index < -0.39 is 17.7 Å². The molecule has 0 aliphatic carbocycles. The summed E-state index contributed by atoms with van der Waals surface area (Å²) in [6.07, 6.45) is 1.14. The molecule has 2 nitrogen and oxygen atoms in total. The smallest absolute Gasteiger partial charge is 0.141 e.